The number of hydrogen-bond acceptors (Lipinski definition) is 3. The zero-order valence-electron chi connectivity index (χ0n) is 19.6. The van der Waals surface area contributed by atoms with E-state index in [0.717, 1.165) is 17.7 Å². The number of thiophene rings is 1. The van der Waals surface area contributed by atoms with Crippen LogP contribution in [0.2, 0.25) is 0 Å². The minimum absolute atomic E-state index is 0.0187. The zero-order valence-corrected chi connectivity index (χ0v) is 21.2. The molecule has 1 N–H and O–H groups in total. The fraction of sp³-hybridized carbons (Fsp3) is 0.345. The molecule has 3 atom stereocenters. The molecule has 0 spiro atoms. The van der Waals surface area contributed by atoms with Crippen LogP contribution >= 0.6 is 22.9 Å². The first-order valence-electron chi connectivity index (χ1n) is 11.7. The Morgan fingerprint density at radius 3 is 2.38 bits per heavy atom. The molecule has 3 nitrogen and oxygen atoms in total. The molecule has 0 radical (unpaired) electrons. The van der Waals surface area contributed by atoms with Crippen LogP contribution in [0.4, 0.5) is 0 Å². The molecule has 2 aromatic carbocycles. The van der Waals surface area contributed by atoms with Crippen molar-refractivity contribution in [2.24, 2.45) is 11.8 Å². The summed E-state index contributed by atoms with van der Waals surface area (Å²) in [4.78, 5) is 12.3. The first-order chi connectivity index (χ1) is 16.3. The number of carboxylic acids is 1. The molecule has 0 saturated heterocycles. The average molecular weight is 495 g/mol. The monoisotopic (exact) mass is 494 g/mol. The topological polar surface area (TPSA) is 46.5 Å². The molecule has 1 aromatic heterocycles. The van der Waals surface area contributed by atoms with Crippen LogP contribution in [0, 0.1) is 11.8 Å². The van der Waals surface area contributed by atoms with Gasteiger partial charge in [-0.3, -0.25) is 0 Å². The standard InChI is InChI=1S/C29H31ClO3S/c1-29(2,22-6-4-3-5-7-22)23-12-8-20(9-13-23)10-15-25-21(11-16-26(25)30)18-33-19-24-14-17-27(34-24)28(31)32/h3-9,11-14,16-17,21,25-26H,10,15,18-19H2,1-2H3,(H,31,32)/t21-,25?,26?/m1/s1. The number of allylic oxidation sites excluding steroid dienone is 1. The van der Waals surface area contributed by atoms with Gasteiger partial charge in [0.15, 0.2) is 0 Å². The van der Waals surface area contributed by atoms with Gasteiger partial charge in [0.1, 0.15) is 4.88 Å². The second kappa shape index (κ2) is 10.9. The molecule has 0 aliphatic heterocycles. The molecule has 2 unspecified atom stereocenters. The summed E-state index contributed by atoms with van der Waals surface area (Å²) in [6, 6.07) is 23.1. The lowest BCUT2D eigenvalue weighted by Crippen LogP contribution is -2.21. The van der Waals surface area contributed by atoms with E-state index in [9.17, 15) is 4.79 Å². The van der Waals surface area contributed by atoms with E-state index in [-0.39, 0.29) is 16.7 Å². The number of halogens is 1. The number of carbonyl (C=O) groups is 1. The van der Waals surface area contributed by atoms with Crippen LogP contribution in [0.3, 0.4) is 0 Å². The molecule has 178 valence electrons. The molecule has 0 bridgehead atoms. The first kappa shape index (κ1) is 24.7. The SMILES string of the molecule is CC(C)(c1ccccc1)c1ccc(CCC2C(Cl)C=C[C@@H]2COCc2ccc(C(=O)O)s2)cc1. The lowest BCUT2D eigenvalue weighted by atomic mass is 9.78. The Balaban J connectivity index is 1.30. The number of rotatable bonds is 10. The molecule has 0 saturated carbocycles. The van der Waals surface area contributed by atoms with Crippen molar-refractivity contribution in [2.45, 2.75) is 44.1 Å². The first-order valence-corrected chi connectivity index (χ1v) is 13.0. The highest BCUT2D eigenvalue weighted by Gasteiger charge is 2.30. The van der Waals surface area contributed by atoms with Crippen molar-refractivity contribution in [1.82, 2.24) is 0 Å². The van der Waals surface area contributed by atoms with E-state index in [1.54, 1.807) is 6.07 Å². The van der Waals surface area contributed by atoms with Crippen LogP contribution in [0.25, 0.3) is 0 Å². The summed E-state index contributed by atoms with van der Waals surface area (Å²) in [5.41, 5.74) is 3.91. The molecule has 0 amide bonds. The number of ether oxygens (including phenoxy) is 1. The second-order valence-electron chi connectivity index (χ2n) is 9.47. The summed E-state index contributed by atoms with van der Waals surface area (Å²) in [5, 5.41) is 9.08. The predicted octanol–water partition coefficient (Wildman–Crippen LogP) is 7.33. The summed E-state index contributed by atoms with van der Waals surface area (Å²) in [6.45, 7) is 5.56. The summed E-state index contributed by atoms with van der Waals surface area (Å²) in [7, 11) is 0. The van der Waals surface area contributed by atoms with Crippen molar-refractivity contribution < 1.29 is 14.6 Å². The molecule has 1 aliphatic rings. The van der Waals surface area contributed by atoms with E-state index in [1.165, 1.54) is 28.0 Å². The summed E-state index contributed by atoms with van der Waals surface area (Å²) in [5.74, 6) is -0.283. The quantitative estimate of drug-likeness (QED) is 0.237. The maximum absolute atomic E-state index is 11.0. The minimum atomic E-state index is -0.892. The van der Waals surface area contributed by atoms with Gasteiger partial charge in [0.25, 0.3) is 0 Å². The molecule has 0 fully saturated rings. The molecule has 34 heavy (non-hydrogen) atoms. The van der Waals surface area contributed by atoms with Crippen molar-refractivity contribution >= 4 is 28.9 Å². The Morgan fingerprint density at radius 1 is 1.00 bits per heavy atom. The normalized spacial score (nSPS) is 20.0. The van der Waals surface area contributed by atoms with Crippen LogP contribution in [-0.2, 0) is 23.2 Å². The van der Waals surface area contributed by atoms with E-state index in [2.05, 4.69) is 80.6 Å². The molecule has 1 aliphatic carbocycles. The Bertz CT molecular complexity index is 1120. The van der Waals surface area contributed by atoms with Crippen molar-refractivity contribution in [3.05, 3.63) is 105 Å². The van der Waals surface area contributed by atoms with Crippen LogP contribution in [0.1, 0.15) is 51.5 Å². The predicted molar refractivity (Wildman–Crippen MR) is 140 cm³/mol. The minimum Gasteiger partial charge on any atom is -0.477 e. The van der Waals surface area contributed by atoms with Gasteiger partial charge >= 0.3 is 5.97 Å². The van der Waals surface area contributed by atoms with Gasteiger partial charge < -0.3 is 9.84 Å². The molecular formula is C29H31ClO3S. The largest absolute Gasteiger partial charge is 0.477 e. The van der Waals surface area contributed by atoms with E-state index >= 15 is 0 Å². The van der Waals surface area contributed by atoms with Crippen molar-refractivity contribution in [2.75, 3.05) is 6.61 Å². The van der Waals surface area contributed by atoms with Crippen molar-refractivity contribution in [1.29, 1.82) is 0 Å². The van der Waals surface area contributed by atoms with Gasteiger partial charge in [-0.25, -0.2) is 4.79 Å². The summed E-state index contributed by atoms with van der Waals surface area (Å²) in [6.07, 6.45) is 6.23. The third-order valence-corrected chi connectivity index (χ3v) is 8.38. The van der Waals surface area contributed by atoms with Crippen LogP contribution in [0.15, 0.2) is 78.9 Å². The lowest BCUT2D eigenvalue weighted by molar-refractivity contribution is 0.0702. The Morgan fingerprint density at radius 2 is 1.71 bits per heavy atom. The van der Waals surface area contributed by atoms with Gasteiger partial charge in [-0.1, -0.05) is 80.6 Å². The number of aryl methyl sites for hydroxylation is 1. The van der Waals surface area contributed by atoms with Gasteiger partial charge in [0.2, 0.25) is 0 Å². The highest BCUT2D eigenvalue weighted by Crippen LogP contribution is 2.35. The Kier molecular flexibility index (Phi) is 7.92. The number of benzene rings is 2. The molecule has 3 aromatic rings. The van der Waals surface area contributed by atoms with Gasteiger partial charge in [0, 0.05) is 16.2 Å². The molecule has 1 heterocycles. The van der Waals surface area contributed by atoms with Gasteiger partial charge in [0.05, 0.1) is 18.6 Å². The summed E-state index contributed by atoms with van der Waals surface area (Å²) < 4.78 is 5.93. The maximum Gasteiger partial charge on any atom is 0.345 e. The Labute approximate surface area is 211 Å². The fourth-order valence-corrected chi connectivity index (χ4v) is 5.81. The number of alkyl halides is 1. The number of hydrogen-bond donors (Lipinski definition) is 1. The fourth-order valence-electron chi connectivity index (χ4n) is 4.63. The molecule has 4 rings (SSSR count). The lowest BCUT2D eigenvalue weighted by Gasteiger charge is -2.26. The summed E-state index contributed by atoms with van der Waals surface area (Å²) >= 11 is 7.89. The van der Waals surface area contributed by atoms with Crippen LogP contribution in [0.5, 0.6) is 0 Å². The van der Waals surface area contributed by atoms with E-state index < -0.39 is 5.97 Å². The van der Waals surface area contributed by atoms with E-state index in [4.69, 9.17) is 21.4 Å². The number of aromatic carboxylic acids is 1. The highest BCUT2D eigenvalue weighted by molar-refractivity contribution is 7.13. The van der Waals surface area contributed by atoms with Crippen molar-refractivity contribution in [3.63, 3.8) is 0 Å². The smallest absolute Gasteiger partial charge is 0.345 e. The highest BCUT2D eigenvalue weighted by atomic mass is 35.5. The molecule has 5 heteroatoms. The van der Waals surface area contributed by atoms with Gasteiger partial charge in [-0.2, -0.15) is 0 Å². The zero-order chi connectivity index (χ0) is 24.1. The van der Waals surface area contributed by atoms with Crippen LogP contribution < -0.4 is 0 Å². The average Bonchev–Trinajstić information content (AvgIpc) is 3.45. The number of carboxylic acid groups (broad SMARTS) is 1. The molecular weight excluding hydrogens is 464 g/mol. The van der Waals surface area contributed by atoms with E-state index in [0.29, 0.717) is 24.0 Å². The maximum atomic E-state index is 11.0. The Hall–Kier alpha value is -2.40. The van der Waals surface area contributed by atoms with E-state index in [1.807, 2.05) is 6.07 Å². The van der Waals surface area contributed by atoms with Gasteiger partial charge in [-0.15, -0.1) is 22.9 Å². The van der Waals surface area contributed by atoms with Crippen LogP contribution in [-0.4, -0.2) is 23.1 Å². The second-order valence-corrected chi connectivity index (χ2v) is 11.1. The third-order valence-electron chi connectivity index (χ3n) is 6.87. The van der Waals surface area contributed by atoms with Gasteiger partial charge in [-0.05, 0) is 47.6 Å². The third kappa shape index (κ3) is 5.80. The van der Waals surface area contributed by atoms with Crippen molar-refractivity contribution in [3.8, 4) is 0 Å².